The third kappa shape index (κ3) is 5.67. The summed E-state index contributed by atoms with van der Waals surface area (Å²) in [6.07, 6.45) is 7.86. The Balaban J connectivity index is 2.04. The number of rotatable bonds is 7. The Bertz CT molecular complexity index is 265. The van der Waals surface area contributed by atoms with Crippen molar-refractivity contribution in [1.29, 1.82) is 0 Å². The summed E-state index contributed by atoms with van der Waals surface area (Å²) >= 11 is 0. The van der Waals surface area contributed by atoms with Gasteiger partial charge in [-0.3, -0.25) is 0 Å². The lowest BCUT2D eigenvalue weighted by Gasteiger charge is -2.28. The normalized spacial score (nSPS) is 23.7. The van der Waals surface area contributed by atoms with Crippen molar-refractivity contribution in [1.82, 2.24) is 0 Å². The van der Waals surface area contributed by atoms with Crippen LogP contribution in [-0.2, 0) is 14.3 Å². The van der Waals surface area contributed by atoms with Crippen molar-refractivity contribution in [3.8, 4) is 0 Å². The molecule has 0 N–H and O–H groups in total. The smallest absolute Gasteiger partial charge is 0.333 e. The number of esters is 1. The molecule has 0 aromatic rings. The van der Waals surface area contributed by atoms with E-state index in [0.717, 1.165) is 18.8 Å². The molecular weight excluding hydrogens is 228 g/mol. The van der Waals surface area contributed by atoms with Crippen molar-refractivity contribution in [3.05, 3.63) is 12.2 Å². The minimum atomic E-state index is -0.328. The van der Waals surface area contributed by atoms with Gasteiger partial charge in [0.2, 0.25) is 0 Å². The highest BCUT2D eigenvalue weighted by atomic mass is 16.6. The molecule has 0 aromatic carbocycles. The first-order valence-electron chi connectivity index (χ1n) is 7.07. The van der Waals surface area contributed by atoms with Crippen LogP contribution in [0.2, 0.25) is 0 Å². The van der Waals surface area contributed by atoms with E-state index in [1.807, 2.05) is 0 Å². The second kappa shape index (κ2) is 8.30. The monoisotopic (exact) mass is 254 g/mol. The Morgan fingerprint density at radius 1 is 1.22 bits per heavy atom. The Labute approximate surface area is 111 Å². The minimum absolute atomic E-state index is 0.328. The number of hydrogen-bond acceptors (Lipinski definition) is 3. The lowest BCUT2D eigenvalue weighted by atomic mass is 9.85. The van der Waals surface area contributed by atoms with Gasteiger partial charge in [0.15, 0.2) is 0 Å². The average Bonchev–Trinajstić information content (AvgIpc) is 2.36. The molecule has 3 nitrogen and oxygen atoms in total. The molecule has 0 bridgehead atoms. The average molecular weight is 254 g/mol. The number of ether oxygens (including phenoxy) is 2. The molecule has 0 atom stereocenters. The van der Waals surface area contributed by atoms with Gasteiger partial charge in [0, 0.05) is 5.57 Å². The molecule has 0 heterocycles. The maximum absolute atomic E-state index is 11.1. The fraction of sp³-hybridized carbons (Fsp3) is 0.800. The second-order valence-electron chi connectivity index (χ2n) is 5.22. The third-order valence-electron chi connectivity index (χ3n) is 3.51. The molecule has 0 amide bonds. The van der Waals surface area contributed by atoms with Gasteiger partial charge in [-0.2, -0.15) is 0 Å². The van der Waals surface area contributed by atoms with E-state index in [-0.39, 0.29) is 5.97 Å². The molecule has 104 valence electrons. The first-order chi connectivity index (χ1) is 8.63. The van der Waals surface area contributed by atoms with Gasteiger partial charge >= 0.3 is 5.97 Å². The van der Waals surface area contributed by atoms with Crippen molar-refractivity contribution in [2.75, 3.05) is 13.2 Å². The fourth-order valence-electron chi connectivity index (χ4n) is 2.47. The van der Waals surface area contributed by atoms with Gasteiger partial charge in [0.25, 0.3) is 0 Å². The van der Waals surface area contributed by atoms with Gasteiger partial charge in [0.1, 0.15) is 6.61 Å². The summed E-state index contributed by atoms with van der Waals surface area (Å²) in [5.41, 5.74) is 0.440. The third-order valence-corrected chi connectivity index (χ3v) is 3.51. The molecule has 1 fully saturated rings. The van der Waals surface area contributed by atoms with Gasteiger partial charge in [-0.15, -0.1) is 0 Å². The van der Waals surface area contributed by atoms with Crippen LogP contribution in [0, 0.1) is 5.92 Å². The Morgan fingerprint density at radius 3 is 2.44 bits per heavy atom. The van der Waals surface area contributed by atoms with Gasteiger partial charge in [-0.05, 0) is 38.5 Å². The topological polar surface area (TPSA) is 35.5 Å². The molecule has 0 unspecified atom stereocenters. The Hall–Kier alpha value is -0.830. The van der Waals surface area contributed by atoms with E-state index in [9.17, 15) is 4.79 Å². The van der Waals surface area contributed by atoms with Gasteiger partial charge < -0.3 is 9.47 Å². The SMILES string of the molecule is C=C(C)C(=O)OCCOC1CCC(CCC)CC1. The zero-order valence-electron chi connectivity index (χ0n) is 11.7. The highest BCUT2D eigenvalue weighted by Crippen LogP contribution is 2.29. The summed E-state index contributed by atoms with van der Waals surface area (Å²) < 4.78 is 10.7. The number of carbonyl (C=O) groups excluding carboxylic acids is 1. The molecule has 1 aliphatic rings. The Morgan fingerprint density at radius 2 is 1.89 bits per heavy atom. The van der Waals surface area contributed by atoms with Crippen LogP contribution in [0.25, 0.3) is 0 Å². The van der Waals surface area contributed by atoms with Crippen LogP contribution in [-0.4, -0.2) is 25.3 Å². The maximum Gasteiger partial charge on any atom is 0.333 e. The molecule has 0 radical (unpaired) electrons. The van der Waals surface area contributed by atoms with E-state index in [1.54, 1.807) is 6.92 Å². The highest BCUT2D eigenvalue weighted by Gasteiger charge is 2.20. The first kappa shape index (κ1) is 15.2. The molecule has 1 rings (SSSR count). The van der Waals surface area contributed by atoms with E-state index < -0.39 is 0 Å². The van der Waals surface area contributed by atoms with Gasteiger partial charge in [-0.1, -0.05) is 26.3 Å². The second-order valence-corrected chi connectivity index (χ2v) is 5.22. The van der Waals surface area contributed by atoms with Crippen molar-refractivity contribution in [2.45, 2.75) is 58.5 Å². The van der Waals surface area contributed by atoms with Crippen LogP contribution in [0.15, 0.2) is 12.2 Å². The summed E-state index contributed by atoms with van der Waals surface area (Å²) in [5.74, 6) is 0.571. The molecule has 0 saturated heterocycles. The molecule has 0 spiro atoms. The predicted octanol–water partition coefficient (Wildman–Crippen LogP) is 3.48. The molecule has 0 aliphatic heterocycles. The van der Waals surface area contributed by atoms with E-state index in [4.69, 9.17) is 9.47 Å². The van der Waals surface area contributed by atoms with Crippen LogP contribution in [0.1, 0.15) is 52.4 Å². The molecule has 18 heavy (non-hydrogen) atoms. The quantitative estimate of drug-likeness (QED) is 0.396. The number of carbonyl (C=O) groups is 1. The van der Waals surface area contributed by atoms with Crippen molar-refractivity contribution >= 4 is 5.97 Å². The molecule has 1 aliphatic carbocycles. The lowest BCUT2D eigenvalue weighted by Crippen LogP contribution is -2.23. The van der Waals surface area contributed by atoms with Crippen molar-refractivity contribution in [3.63, 3.8) is 0 Å². The zero-order valence-corrected chi connectivity index (χ0v) is 11.7. The highest BCUT2D eigenvalue weighted by molar-refractivity contribution is 5.86. The van der Waals surface area contributed by atoms with E-state index in [1.165, 1.54) is 25.7 Å². The van der Waals surface area contributed by atoms with Crippen LogP contribution in [0.4, 0.5) is 0 Å². The van der Waals surface area contributed by atoms with E-state index in [0.29, 0.717) is 24.9 Å². The summed E-state index contributed by atoms with van der Waals surface area (Å²) in [5, 5.41) is 0. The summed E-state index contributed by atoms with van der Waals surface area (Å²) in [6, 6.07) is 0. The van der Waals surface area contributed by atoms with Gasteiger partial charge in [0.05, 0.1) is 12.7 Å². The first-order valence-corrected chi connectivity index (χ1v) is 7.07. The standard InChI is InChI=1S/C15H26O3/c1-4-5-13-6-8-14(9-7-13)17-10-11-18-15(16)12(2)3/h13-14H,2,4-11H2,1,3H3. The summed E-state index contributed by atoms with van der Waals surface area (Å²) in [6.45, 7) is 8.27. The molecule has 0 aromatic heterocycles. The van der Waals surface area contributed by atoms with Crippen molar-refractivity contribution in [2.24, 2.45) is 5.92 Å². The van der Waals surface area contributed by atoms with Crippen LogP contribution >= 0.6 is 0 Å². The molecular formula is C15H26O3. The predicted molar refractivity (Wildman–Crippen MR) is 72.4 cm³/mol. The Kier molecular flexibility index (Phi) is 7.02. The van der Waals surface area contributed by atoms with Crippen LogP contribution in [0.5, 0.6) is 0 Å². The van der Waals surface area contributed by atoms with Crippen LogP contribution < -0.4 is 0 Å². The van der Waals surface area contributed by atoms with Crippen molar-refractivity contribution < 1.29 is 14.3 Å². The zero-order chi connectivity index (χ0) is 13.4. The largest absolute Gasteiger partial charge is 0.460 e. The molecule has 3 heteroatoms. The van der Waals surface area contributed by atoms with E-state index >= 15 is 0 Å². The minimum Gasteiger partial charge on any atom is -0.460 e. The summed E-state index contributed by atoms with van der Waals surface area (Å²) in [4.78, 5) is 11.1. The maximum atomic E-state index is 11.1. The van der Waals surface area contributed by atoms with Gasteiger partial charge in [-0.25, -0.2) is 4.79 Å². The molecule has 1 saturated carbocycles. The van der Waals surface area contributed by atoms with Crippen LogP contribution in [0.3, 0.4) is 0 Å². The lowest BCUT2D eigenvalue weighted by molar-refractivity contribution is -0.141. The fourth-order valence-corrected chi connectivity index (χ4v) is 2.47. The van der Waals surface area contributed by atoms with E-state index in [2.05, 4.69) is 13.5 Å². The summed E-state index contributed by atoms with van der Waals surface area (Å²) in [7, 11) is 0. The number of hydrogen-bond donors (Lipinski definition) is 0.